The average molecular weight is 483 g/mol. The van der Waals surface area contributed by atoms with Crippen LogP contribution in [0.25, 0.3) is 0 Å². The van der Waals surface area contributed by atoms with E-state index in [1.54, 1.807) is 35.2 Å². The number of ether oxygens (including phenoxy) is 3. The predicted octanol–water partition coefficient (Wildman–Crippen LogP) is 4.86. The summed E-state index contributed by atoms with van der Waals surface area (Å²) < 4.78 is 16.3. The second-order valence-corrected chi connectivity index (χ2v) is 8.89. The molecule has 5 rings (SSSR count). The van der Waals surface area contributed by atoms with Crippen LogP contribution in [0.15, 0.2) is 66.7 Å². The van der Waals surface area contributed by atoms with Gasteiger partial charge in [-0.15, -0.1) is 11.8 Å². The van der Waals surface area contributed by atoms with E-state index >= 15 is 0 Å². The van der Waals surface area contributed by atoms with Crippen molar-refractivity contribution >= 4 is 46.6 Å². The Morgan fingerprint density at radius 1 is 1.09 bits per heavy atom. The molecule has 0 radical (unpaired) electrons. The fraction of sp³-hybridized carbons (Fsp3) is 0.167. The highest BCUT2D eigenvalue weighted by Gasteiger charge is 2.35. The second-order valence-electron chi connectivity index (χ2n) is 7.38. The quantitative estimate of drug-likeness (QED) is 0.540. The van der Waals surface area contributed by atoms with Crippen molar-refractivity contribution < 1.29 is 23.8 Å². The highest BCUT2D eigenvalue weighted by atomic mass is 35.5. The summed E-state index contributed by atoms with van der Waals surface area (Å²) >= 11 is 7.39. The third kappa shape index (κ3) is 4.72. The summed E-state index contributed by atoms with van der Waals surface area (Å²) in [6.45, 7) is 0.0419. The maximum atomic E-state index is 12.7. The number of carbonyl (C=O) groups excluding carboxylic acids is 2. The van der Waals surface area contributed by atoms with Gasteiger partial charge in [0.2, 0.25) is 12.7 Å². The second kappa shape index (κ2) is 9.25. The Morgan fingerprint density at radius 2 is 1.91 bits per heavy atom. The number of hydrogen-bond donors (Lipinski definition) is 1. The lowest BCUT2D eigenvalue weighted by molar-refractivity contribution is -0.118. The molecule has 9 heteroatoms. The average Bonchev–Trinajstić information content (AvgIpc) is 3.44. The van der Waals surface area contributed by atoms with Crippen LogP contribution in [-0.4, -0.2) is 31.0 Å². The normalized spacial score (nSPS) is 16.7. The van der Waals surface area contributed by atoms with E-state index in [0.29, 0.717) is 33.7 Å². The van der Waals surface area contributed by atoms with Crippen molar-refractivity contribution in [1.82, 2.24) is 0 Å². The van der Waals surface area contributed by atoms with E-state index in [0.717, 1.165) is 11.3 Å². The first-order valence-corrected chi connectivity index (χ1v) is 11.6. The molecule has 3 aromatic rings. The summed E-state index contributed by atoms with van der Waals surface area (Å²) in [7, 11) is 0. The lowest BCUT2D eigenvalue weighted by atomic mass is 10.1. The monoisotopic (exact) mass is 482 g/mol. The molecular formula is C24H19ClN2O5S. The molecule has 2 heterocycles. The maximum Gasteiger partial charge on any atom is 0.262 e. The number of carbonyl (C=O) groups is 2. The topological polar surface area (TPSA) is 77.1 Å². The number of amides is 2. The number of hydrogen-bond acceptors (Lipinski definition) is 6. The molecule has 0 aromatic heterocycles. The van der Waals surface area contributed by atoms with Gasteiger partial charge < -0.3 is 19.5 Å². The number of fused-ring (bicyclic) bond motifs is 1. The lowest BCUT2D eigenvalue weighted by Gasteiger charge is -2.25. The first-order valence-electron chi connectivity index (χ1n) is 10.2. The fourth-order valence-electron chi connectivity index (χ4n) is 3.63. The molecule has 33 heavy (non-hydrogen) atoms. The zero-order valence-electron chi connectivity index (χ0n) is 17.3. The number of anilines is 2. The molecule has 1 unspecified atom stereocenters. The van der Waals surface area contributed by atoms with Crippen LogP contribution in [0.5, 0.6) is 17.2 Å². The van der Waals surface area contributed by atoms with Crippen molar-refractivity contribution in [3.05, 3.63) is 77.3 Å². The van der Waals surface area contributed by atoms with Crippen LogP contribution in [0.2, 0.25) is 5.02 Å². The van der Waals surface area contributed by atoms with E-state index in [1.807, 2.05) is 36.4 Å². The molecule has 168 valence electrons. The molecule has 7 nitrogen and oxygen atoms in total. The van der Waals surface area contributed by atoms with Crippen molar-refractivity contribution in [3.8, 4) is 17.2 Å². The molecule has 0 saturated carbocycles. The molecule has 2 aliphatic rings. The van der Waals surface area contributed by atoms with Crippen molar-refractivity contribution in [2.45, 2.75) is 5.37 Å². The van der Waals surface area contributed by atoms with Gasteiger partial charge in [-0.1, -0.05) is 23.7 Å². The highest BCUT2D eigenvalue weighted by molar-refractivity contribution is 8.00. The van der Waals surface area contributed by atoms with Gasteiger partial charge in [0.25, 0.3) is 5.91 Å². The van der Waals surface area contributed by atoms with Crippen molar-refractivity contribution in [2.75, 3.05) is 29.4 Å². The van der Waals surface area contributed by atoms with E-state index in [1.165, 1.54) is 11.8 Å². The summed E-state index contributed by atoms with van der Waals surface area (Å²) in [6, 6.07) is 19.7. The summed E-state index contributed by atoms with van der Waals surface area (Å²) in [4.78, 5) is 26.8. The SMILES string of the molecule is O=C(COc1ccc(Cl)cc1)Nc1cccc(C2SCC(=O)N2c2ccc3c(c2)OCO3)c1. The van der Waals surface area contributed by atoms with E-state index < -0.39 is 0 Å². The number of benzene rings is 3. The minimum atomic E-state index is -0.287. The van der Waals surface area contributed by atoms with Gasteiger partial charge in [0.05, 0.1) is 5.75 Å². The summed E-state index contributed by atoms with van der Waals surface area (Å²) in [5.74, 6) is 1.94. The zero-order valence-corrected chi connectivity index (χ0v) is 18.9. The largest absolute Gasteiger partial charge is 0.484 e. The third-order valence-corrected chi connectivity index (χ3v) is 6.61. The van der Waals surface area contributed by atoms with Crippen LogP contribution in [0.3, 0.4) is 0 Å². The number of halogens is 1. The van der Waals surface area contributed by atoms with Crippen molar-refractivity contribution in [3.63, 3.8) is 0 Å². The molecule has 3 aromatic carbocycles. The smallest absolute Gasteiger partial charge is 0.262 e. The van der Waals surface area contributed by atoms with Crippen LogP contribution >= 0.6 is 23.4 Å². The minimum absolute atomic E-state index is 0.00895. The summed E-state index contributed by atoms with van der Waals surface area (Å²) in [5, 5.41) is 3.22. The molecule has 1 N–H and O–H groups in total. The molecule has 0 spiro atoms. The van der Waals surface area contributed by atoms with Crippen LogP contribution in [0, 0.1) is 0 Å². The maximum absolute atomic E-state index is 12.7. The molecule has 2 amide bonds. The van der Waals surface area contributed by atoms with Crippen LogP contribution in [-0.2, 0) is 9.59 Å². The Balaban J connectivity index is 1.29. The molecule has 1 saturated heterocycles. The molecule has 0 aliphatic carbocycles. The van der Waals surface area contributed by atoms with E-state index in [9.17, 15) is 9.59 Å². The lowest BCUT2D eigenvalue weighted by Crippen LogP contribution is -2.27. The van der Waals surface area contributed by atoms with Gasteiger partial charge in [0, 0.05) is 22.5 Å². The Morgan fingerprint density at radius 3 is 2.76 bits per heavy atom. The van der Waals surface area contributed by atoms with Gasteiger partial charge >= 0.3 is 0 Å². The standard InChI is InChI=1S/C24H19ClN2O5S/c25-16-4-7-19(8-5-16)30-12-22(28)26-17-3-1-2-15(10-17)24-27(23(29)13-33-24)18-6-9-20-21(11-18)32-14-31-20/h1-11,24H,12-14H2,(H,26,28). The molecular weight excluding hydrogens is 464 g/mol. The Bertz CT molecular complexity index is 1200. The number of rotatable bonds is 6. The first kappa shape index (κ1) is 21.5. The van der Waals surface area contributed by atoms with Gasteiger partial charge in [-0.25, -0.2) is 0 Å². The van der Waals surface area contributed by atoms with E-state index in [4.69, 9.17) is 25.8 Å². The summed E-state index contributed by atoms with van der Waals surface area (Å²) in [6.07, 6.45) is 0. The first-order chi connectivity index (χ1) is 16.1. The van der Waals surface area contributed by atoms with Gasteiger partial charge in [0.15, 0.2) is 18.1 Å². The minimum Gasteiger partial charge on any atom is -0.484 e. The predicted molar refractivity (Wildman–Crippen MR) is 127 cm³/mol. The molecule has 2 aliphatic heterocycles. The number of nitrogens with one attached hydrogen (secondary N) is 1. The highest BCUT2D eigenvalue weighted by Crippen LogP contribution is 2.45. The summed E-state index contributed by atoms with van der Waals surface area (Å²) in [5.41, 5.74) is 2.27. The Labute approximate surface area is 199 Å². The Hall–Kier alpha value is -3.36. The van der Waals surface area contributed by atoms with Crippen LogP contribution in [0.1, 0.15) is 10.9 Å². The molecule has 0 bridgehead atoms. The van der Waals surface area contributed by atoms with Gasteiger partial charge in [-0.05, 0) is 54.1 Å². The van der Waals surface area contributed by atoms with Gasteiger partial charge in [-0.2, -0.15) is 0 Å². The Kier molecular flexibility index (Phi) is 6.02. The van der Waals surface area contributed by atoms with E-state index in [-0.39, 0.29) is 30.6 Å². The van der Waals surface area contributed by atoms with Crippen LogP contribution in [0.4, 0.5) is 11.4 Å². The number of nitrogens with zero attached hydrogens (tertiary/aromatic N) is 1. The molecule has 1 atom stereocenters. The van der Waals surface area contributed by atoms with Crippen LogP contribution < -0.4 is 24.4 Å². The van der Waals surface area contributed by atoms with E-state index in [2.05, 4.69) is 5.32 Å². The zero-order chi connectivity index (χ0) is 22.8. The third-order valence-electron chi connectivity index (χ3n) is 5.14. The van der Waals surface area contributed by atoms with Crippen molar-refractivity contribution in [1.29, 1.82) is 0 Å². The van der Waals surface area contributed by atoms with Crippen molar-refractivity contribution in [2.24, 2.45) is 0 Å². The molecule has 1 fully saturated rings. The number of thioether (sulfide) groups is 1. The van der Waals surface area contributed by atoms with Gasteiger partial charge in [0.1, 0.15) is 11.1 Å². The van der Waals surface area contributed by atoms with Gasteiger partial charge in [-0.3, -0.25) is 14.5 Å². The fourth-order valence-corrected chi connectivity index (χ4v) is 4.92.